The van der Waals surface area contributed by atoms with E-state index < -0.39 is 11.6 Å². The first-order chi connectivity index (χ1) is 5.24. The van der Waals surface area contributed by atoms with Gasteiger partial charge in [0.25, 0.3) is 0 Å². The van der Waals surface area contributed by atoms with Crippen LogP contribution in [0.1, 0.15) is 34.6 Å². The lowest BCUT2D eigenvalue weighted by atomic mass is 10.1. The number of hydrogen-bond acceptors (Lipinski definition) is 3. The van der Waals surface area contributed by atoms with Gasteiger partial charge in [0.15, 0.2) is 0 Å². The van der Waals surface area contributed by atoms with Crippen molar-refractivity contribution in [1.82, 2.24) is 0 Å². The molecule has 0 heterocycles. The van der Waals surface area contributed by atoms with Crippen molar-refractivity contribution in [1.29, 1.82) is 0 Å². The third-order valence-electron chi connectivity index (χ3n) is 1.40. The molecule has 0 radical (unpaired) electrons. The van der Waals surface area contributed by atoms with E-state index in [0.717, 1.165) is 0 Å². The summed E-state index contributed by atoms with van der Waals surface area (Å²) in [5, 5.41) is 0. The fourth-order valence-corrected chi connectivity index (χ4v) is 0.642. The van der Waals surface area contributed by atoms with Gasteiger partial charge in [0.1, 0.15) is 11.6 Å². The van der Waals surface area contributed by atoms with E-state index in [9.17, 15) is 4.79 Å². The van der Waals surface area contributed by atoms with Crippen molar-refractivity contribution in [2.45, 2.75) is 46.3 Å². The van der Waals surface area contributed by atoms with Crippen molar-refractivity contribution in [3.8, 4) is 0 Å². The Kier molecular flexibility index (Phi) is 6.37. The second-order valence-corrected chi connectivity index (χ2v) is 4.30. The summed E-state index contributed by atoms with van der Waals surface area (Å²) in [5.74, 6) is -0.197. The maximum Gasteiger partial charge on any atom is 0.323 e. The van der Waals surface area contributed by atoms with Gasteiger partial charge in [-0.15, -0.1) is 12.4 Å². The Morgan fingerprint density at radius 2 is 1.69 bits per heavy atom. The standard InChI is InChI=1S/C9H19NO2.ClH/c1-6(2)7(10)8(11)12-9(3,4)5;/h6-7H,10H2,1-5H3;1H/t7-;/m1./s1. The molecule has 0 aliphatic rings. The van der Waals surface area contributed by atoms with Crippen LogP contribution in [0.5, 0.6) is 0 Å². The van der Waals surface area contributed by atoms with Gasteiger partial charge in [-0.05, 0) is 26.7 Å². The van der Waals surface area contributed by atoms with E-state index in [-0.39, 0.29) is 24.3 Å². The number of carbonyl (C=O) groups excluding carboxylic acids is 1. The summed E-state index contributed by atoms with van der Waals surface area (Å²) in [4.78, 5) is 11.3. The third kappa shape index (κ3) is 6.84. The Morgan fingerprint density at radius 3 is 1.92 bits per heavy atom. The molecule has 0 saturated carbocycles. The van der Waals surface area contributed by atoms with Crippen LogP contribution in [0.15, 0.2) is 0 Å². The molecule has 1 atom stereocenters. The summed E-state index contributed by atoms with van der Waals surface area (Å²) in [5.41, 5.74) is 5.15. The van der Waals surface area contributed by atoms with Crippen LogP contribution in [-0.4, -0.2) is 17.6 Å². The molecule has 4 heteroatoms. The Balaban J connectivity index is 0. The molecule has 0 aliphatic carbocycles. The highest BCUT2D eigenvalue weighted by atomic mass is 35.5. The fourth-order valence-electron chi connectivity index (χ4n) is 0.642. The zero-order valence-corrected chi connectivity index (χ0v) is 9.77. The van der Waals surface area contributed by atoms with Crippen LogP contribution in [0.4, 0.5) is 0 Å². The fraction of sp³-hybridized carbons (Fsp3) is 0.889. The van der Waals surface area contributed by atoms with Gasteiger partial charge in [-0.2, -0.15) is 0 Å². The highest BCUT2D eigenvalue weighted by Gasteiger charge is 2.23. The molecule has 0 unspecified atom stereocenters. The smallest absolute Gasteiger partial charge is 0.323 e. The van der Waals surface area contributed by atoms with Gasteiger partial charge in [-0.1, -0.05) is 13.8 Å². The van der Waals surface area contributed by atoms with E-state index in [1.165, 1.54) is 0 Å². The van der Waals surface area contributed by atoms with Gasteiger partial charge in [-0.3, -0.25) is 4.79 Å². The van der Waals surface area contributed by atoms with E-state index in [0.29, 0.717) is 0 Å². The zero-order chi connectivity index (χ0) is 9.94. The molecule has 0 aromatic heterocycles. The summed E-state index contributed by atoms with van der Waals surface area (Å²) >= 11 is 0. The lowest BCUT2D eigenvalue weighted by Crippen LogP contribution is -2.40. The molecule has 0 amide bonds. The second-order valence-electron chi connectivity index (χ2n) is 4.30. The number of hydrogen-bond donors (Lipinski definition) is 1. The number of halogens is 1. The molecule has 0 aromatic carbocycles. The lowest BCUT2D eigenvalue weighted by molar-refractivity contribution is -0.157. The third-order valence-corrected chi connectivity index (χ3v) is 1.40. The van der Waals surface area contributed by atoms with E-state index in [2.05, 4.69) is 0 Å². The van der Waals surface area contributed by atoms with Crippen molar-refractivity contribution >= 4 is 18.4 Å². The highest BCUT2D eigenvalue weighted by Crippen LogP contribution is 2.10. The van der Waals surface area contributed by atoms with Gasteiger partial charge in [0.05, 0.1) is 0 Å². The minimum absolute atomic E-state index is 0. The Morgan fingerprint density at radius 1 is 1.31 bits per heavy atom. The number of carbonyl (C=O) groups is 1. The van der Waals surface area contributed by atoms with Crippen molar-refractivity contribution in [3.05, 3.63) is 0 Å². The maximum atomic E-state index is 11.3. The largest absolute Gasteiger partial charge is 0.459 e. The van der Waals surface area contributed by atoms with Crippen molar-refractivity contribution in [3.63, 3.8) is 0 Å². The van der Waals surface area contributed by atoms with E-state index in [1.807, 2.05) is 34.6 Å². The molecule has 0 rings (SSSR count). The molecule has 0 spiro atoms. The van der Waals surface area contributed by atoms with Crippen LogP contribution in [0, 0.1) is 5.92 Å². The van der Waals surface area contributed by atoms with Crippen molar-refractivity contribution < 1.29 is 9.53 Å². The van der Waals surface area contributed by atoms with E-state index >= 15 is 0 Å². The minimum atomic E-state index is -0.510. The van der Waals surface area contributed by atoms with E-state index in [4.69, 9.17) is 10.5 Å². The highest BCUT2D eigenvalue weighted by molar-refractivity contribution is 5.85. The normalized spacial score (nSPS) is 13.5. The first-order valence-corrected chi connectivity index (χ1v) is 4.22. The first kappa shape index (κ1) is 15.2. The van der Waals surface area contributed by atoms with Crippen molar-refractivity contribution in [2.75, 3.05) is 0 Å². The Bertz CT molecular complexity index is 163. The molecule has 0 saturated heterocycles. The van der Waals surface area contributed by atoms with Crippen LogP contribution >= 0.6 is 12.4 Å². The first-order valence-electron chi connectivity index (χ1n) is 4.22. The lowest BCUT2D eigenvalue weighted by Gasteiger charge is -2.23. The monoisotopic (exact) mass is 209 g/mol. The molecular weight excluding hydrogens is 190 g/mol. The molecule has 3 nitrogen and oxygen atoms in total. The van der Waals surface area contributed by atoms with Crippen molar-refractivity contribution in [2.24, 2.45) is 11.7 Å². The number of rotatable bonds is 2. The van der Waals surface area contributed by atoms with Gasteiger partial charge < -0.3 is 10.5 Å². The summed E-state index contributed by atoms with van der Waals surface area (Å²) in [7, 11) is 0. The van der Waals surface area contributed by atoms with Gasteiger partial charge in [-0.25, -0.2) is 0 Å². The van der Waals surface area contributed by atoms with Crippen LogP contribution in [0.3, 0.4) is 0 Å². The average Bonchev–Trinajstić information content (AvgIpc) is 1.82. The summed E-state index contributed by atoms with van der Waals surface area (Å²) in [6.07, 6.45) is 0. The predicted octanol–water partition coefficient (Wildman–Crippen LogP) is 1.73. The molecule has 0 bridgehead atoms. The maximum absolute atomic E-state index is 11.3. The van der Waals surface area contributed by atoms with Gasteiger partial charge in [0, 0.05) is 0 Å². The SMILES string of the molecule is CC(C)[C@@H](N)C(=O)OC(C)(C)C.Cl. The summed E-state index contributed by atoms with van der Waals surface area (Å²) < 4.78 is 5.10. The molecule has 0 fully saturated rings. The Labute approximate surface area is 86.4 Å². The summed E-state index contributed by atoms with van der Waals surface area (Å²) in [6, 6.07) is -0.510. The molecule has 80 valence electrons. The number of ether oxygens (including phenoxy) is 1. The van der Waals surface area contributed by atoms with Crippen LogP contribution < -0.4 is 5.73 Å². The predicted molar refractivity (Wildman–Crippen MR) is 55.9 cm³/mol. The molecule has 0 aliphatic heterocycles. The van der Waals surface area contributed by atoms with E-state index in [1.54, 1.807) is 0 Å². The zero-order valence-electron chi connectivity index (χ0n) is 8.96. The average molecular weight is 210 g/mol. The number of nitrogens with two attached hydrogens (primary N) is 1. The van der Waals surface area contributed by atoms with Crippen LogP contribution in [-0.2, 0) is 9.53 Å². The second kappa shape index (κ2) is 5.45. The van der Waals surface area contributed by atoms with Gasteiger partial charge in [0.2, 0.25) is 0 Å². The molecule has 2 N–H and O–H groups in total. The summed E-state index contributed by atoms with van der Waals surface area (Å²) in [6.45, 7) is 9.29. The van der Waals surface area contributed by atoms with Crippen LogP contribution in [0.2, 0.25) is 0 Å². The van der Waals surface area contributed by atoms with Crippen LogP contribution in [0.25, 0.3) is 0 Å². The molecule has 0 aromatic rings. The van der Waals surface area contributed by atoms with Gasteiger partial charge >= 0.3 is 5.97 Å². The topological polar surface area (TPSA) is 52.3 Å². The molecular formula is C9H20ClNO2. The number of esters is 1. The molecule has 13 heavy (non-hydrogen) atoms. The Hall–Kier alpha value is -0.280. The minimum Gasteiger partial charge on any atom is -0.459 e. The quantitative estimate of drug-likeness (QED) is 0.705.